The van der Waals surface area contributed by atoms with Crippen LogP contribution in [-0.2, 0) is 11.2 Å². The van der Waals surface area contributed by atoms with E-state index in [1.54, 1.807) is 12.4 Å². The Bertz CT molecular complexity index is 739. The van der Waals surface area contributed by atoms with E-state index in [2.05, 4.69) is 34.1 Å². The van der Waals surface area contributed by atoms with Crippen LogP contribution in [0, 0.1) is 5.92 Å². The first kappa shape index (κ1) is 16.3. The van der Waals surface area contributed by atoms with Gasteiger partial charge in [0.05, 0.1) is 0 Å². The van der Waals surface area contributed by atoms with Gasteiger partial charge in [0.25, 0.3) is 0 Å². The van der Waals surface area contributed by atoms with Crippen molar-refractivity contribution < 1.29 is 4.79 Å². The summed E-state index contributed by atoms with van der Waals surface area (Å²) in [7, 11) is 0. The van der Waals surface area contributed by atoms with Crippen LogP contribution in [0.4, 0.5) is 0 Å². The summed E-state index contributed by atoms with van der Waals surface area (Å²) in [6, 6.07) is 12.5. The van der Waals surface area contributed by atoms with Crippen molar-refractivity contribution in [1.29, 1.82) is 0 Å². The molecule has 1 saturated carbocycles. The summed E-state index contributed by atoms with van der Waals surface area (Å²) in [4.78, 5) is 18.8. The van der Waals surface area contributed by atoms with Gasteiger partial charge in [-0.3, -0.25) is 14.7 Å². The zero-order valence-corrected chi connectivity index (χ0v) is 14.5. The summed E-state index contributed by atoms with van der Waals surface area (Å²) in [5.41, 5.74) is 8.90. The van der Waals surface area contributed by atoms with Crippen LogP contribution < -0.4 is 5.73 Å². The minimum absolute atomic E-state index is 0.163. The molecule has 2 fully saturated rings. The lowest BCUT2D eigenvalue weighted by atomic mass is 9.86. The predicted molar refractivity (Wildman–Crippen MR) is 98.8 cm³/mol. The third-order valence-electron chi connectivity index (χ3n) is 5.72. The molecule has 0 spiro atoms. The third-order valence-corrected chi connectivity index (χ3v) is 5.72. The van der Waals surface area contributed by atoms with Crippen LogP contribution in [-0.4, -0.2) is 34.4 Å². The Morgan fingerprint density at radius 3 is 2.44 bits per heavy atom. The molecule has 1 aliphatic heterocycles. The summed E-state index contributed by atoms with van der Waals surface area (Å²) in [5, 5.41) is 0. The number of rotatable bonds is 6. The van der Waals surface area contributed by atoms with Crippen LogP contribution in [0.1, 0.15) is 31.2 Å². The van der Waals surface area contributed by atoms with Crippen molar-refractivity contribution >= 4 is 5.91 Å². The molecular formula is C21H25N3O. The van der Waals surface area contributed by atoms with E-state index in [0.29, 0.717) is 6.42 Å². The zero-order chi connectivity index (χ0) is 17.3. The molecule has 1 aromatic carbocycles. The normalized spacial score (nSPS) is 23.7. The fourth-order valence-electron chi connectivity index (χ4n) is 4.08. The van der Waals surface area contributed by atoms with Gasteiger partial charge in [-0.15, -0.1) is 0 Å². The van der Waals surface area contributed by atoms with Crippen LogP contribution in [0.25, 0.3) is 11.1 Å². The van der Waals surface area contributed by atoms with Gasteiger partial charge in [-0.2, -0.15) is 0 Å². The first-order valence-corrected chi connectivity index (χ1v) is 9.22. The van der Waals surface area contributed by atoms with Gasteiger partial charge < -0.3 is 5.73 Å². The van der Waals surface area contributed by atoms with Crippen molar-refractivity contribution in [3.05, 3.63) is 54.4 Å². The van der Waals surface area contributed by atoms with Crippen LogP contribution >= 0.6 is 0 Å². The number of primary amides is 1. The molecule has 25 heavy (non-hydrogen) atoms. The van der Waals surface area contributed by atoms with Crippen molar-refractivity contribution in [3.8, 4) is 11.1 Å². The molecule has 4 rings (SSSR count). The maximum Gasteiger partial charge on any atom is 0.238 e. The monoisotopic (exact) mass is 335 g/mol. The molecule has 1 saturated heterocycles. The minimum Gasteiger partial charge on any atom is -0.368 e. The predicted octanol–water partition coefficient (Wildman–Crippen LogP) is 3.02. The molecule has 0 radical (unpaired) electrons. The molecule has 1 amide bonds. The van der Waals surface area contributed by atoms with Crippen molar-refractivity contribution in [3.63, 3.8) is 0 Å². The Hall–Kier alpha value is -2.20. The lowest BCUT2D eigenvalue weighted by Crippen LogP contribution is -2.56. The topological polar surface area (TPSA) is 59.2 Å². The summed E-state index contributed by atoms with van der Waals surface area (Å²) < 4.78 is 0. The van der Waals surface area contributed by atoms with E-state index in [-0.39, 0.29) is 5.91 Å². The average Bonchev–Trinajstić information content (AvgIpc) is 3.36. The highest BCUT2D eigenvalue weighted by Crippen LogP contribution is 2.38. The van der Waals surface area contributed by atoms with Crippen molar-refractivity contribution in [1.82, 2.24) is 9.88 Å². The number of hydrogen-bond acceptors (Lipinski definition) is 3. The molecule has 1 aliphatic carbocycles. The lowest BCUT2D eigenvalue weighted by molar-refractivity contribution is -0.128. The number of nitrogens with two attached hydrogens (primary N) is 1. The SMILES string of the molecule is NC(=O)C1(Cc2ccc(-c3ccncc3)cc2)CCCN1CC1CC1. The summed E-state index contributed by atoms with van der Waals surface area (Å²) in [5.74, 6) is 0.606. The van der Waals surface area contributed by atoms with Crippen molar-refractivity contribution in [2.75, 3.05) is 13.1 Å². The molecular weight excluding hydrogens is 310 g/mol. The van der Waals surface area contributed by atoms with Gasteiger partial charge >= 0.3 is 0 Å². The van der Waals surface area contributed by atoms with E-state index in [0.717, 1.165) is 37.4 Å². The first-order chi connectivity index (χ1) is 12.2. The van der Waals surface area contributed by atoms with Gasteiger partial charge in [0.15, 0.2) is 0 Å². The molecule has 2 aromatic rings. The van der Waals surface area contributed by atoms with E-state index in [9.17, 15) is 4.79 Å². The number of nitrogens with zero attached hydrogens (tertiary/aromatic N) is 2. The molecule has 130 valence electrons. The standard InChI is InChI=1S/C21H25N3O/c22-20(25)21(10-1-13-24(21)15-17-2-3-17)14-16-4-6-18(7-5-16)19-8-11-23-12-9-19/h4-9,11-12,17H,1-3,10,13-15H2,(H2,22,25). The fourth-order valence-corrected chi connectivity index (χ4v) is 4.08. The molecule has 1 aromatic heterocycles. The van der Waals surface area contributed by atoms with E-state index in [4.69, 9.17) is 5.73 Å². The highest BCUT2D eigenvalue weighted by molar-refractivity contribution is 5.85. The number of likely N-dealkylation sites (tertiary alicyclic amines) is 1. The number of carbonyl (C=O) groups excluding carboxylic acids is 1. The molecule has 0 bridgehead atoms. The summed E-state index contributed by atoms with van der Waals surface area (Å²) in [6.45, 7) is 2.02. The van der Waals surface area contributed by atoms with E-state index >= 15 is 0 Å². The maximum absolute atomic E-state index is 12.4. The number of aromatic nitrogens is 1. The highest BCUT2D eigenvalue weighted by atomic mass is 16.1. The van der Waals surface area contributed by atoms with Gasteiger partial charge in [-0.05, 0) is 73.4 Å². The Labute approximate surface area is 149 Å². The van der Waals surface area contributed by atoms with E-state index in [1.165, 1.54) is 24.0 Å². The van der Waals surface area contributed by atoms with Gasteiger partial charge in [-0.25, -0.2) is 0 Å². The number of hydrogen-bond donors (Lipinski definition) is 1. The second kappa shape index (κ2) is 6.60. The first-order valence-electron chi connectivity index (χ1n) is 9.22. The summed E-state index contributed by atoms with van der Waals surface area (Å²) in [6.07, 6.45) is 8.86. The highest BCUT2D eigenvalue weighted by Gasteiger charge is 2.47. The molecule has 2 aliphatic rings. The average molecular weight is 335 g/mol. The van der Waals surface area contributed by atoms with Crippen LogP contribution in [0.5, 0.6) is 0 Å². The Morgan fingerprint density at radius 1 is 1.12 bits per heavy atom. The number of carbonyl (C=O) groups is 1. The number of benzene rings is 1. The Morgan fingerprint density at radius 2 is 1.80 bits per heavy atom. The molecule has 2 N–H and O–H groups in total. The van der Waals surface area contributed by atoms with Gasteiger partial charge in [0.2, 0.25) is 5.91 Å². The fraction of sp³-hybridized carbons (Fsp3) is 0.429. The quantitative estimate of drug-likeness (QED) is 0.883. The van der Waals surface area contributed by atoms with Gasteiger partial charge in [0.1, 0.15) is 5.54 Å². The second-order valence-electron chi connectivity index (χ2n) is 7.50. The molecule has 1 unspecified atom stereocenters. The van der Waals surface area contributed by atoms with Crippen molar-refractivity contribution in [2.45, 2.75) is 37.6 Å². The molecule has 4 nitrogen and oxygen atoms in total. The molecule has 2 heterocycles. The van der Waals surface area contributed by atoms with Gasteiger partial charge in [0, 0.05) is 18.9 Å². The van der Waals surface area contributed by atoms with Crippen molar-refractivity contribution in [2.24, 2.45) is 11.7 Å². The third kappa shape index (κ3) is 3.31. The smallest absolute Gasteiger partial charge is 0.238 e. The van der Waals surface area contributed by atoms with Gasteiger partial charge in [-0.1, -0.05) is 24.3 Å². The summed E-state index contributed by atoms with van der Waals surface area (Å²) >= 11 is 0. The number of amides is 1. The number of pyridine rings is 1. The molecule has 1 atom stereocenters. The molecule has 4 heteroatoms. The Balaban J connectivity index is 1.55. The largest absolute Gasteiger partial charge is 0.368 e. The van der Waals surface area contributed by atoms with Crippen LogP contribution in [0.15, 0.2) is 48.8 Å². The van der Waals surface area contributed by atoms with E-state index < -0.39 is 5.54 Å². The minimum atomic E-state index is -0.499. The Kier molecular flexibility index (Phi) is 4.30. The van der Waals surface area contributed by atoms with Crippen LogP contribution in [0.2, 0.25) is 0 Å². The maximum atomic E-state index is 12.4. The van der Waals surface area contributed by atoms with E-state index in [1.807, 2.05) is 12.1 Å². The zero-order valence-electron chi connectivity index (χ0n) is 14.5. The lowest BCUT2D eigenvalue weighted by Gasteiger charge is -2.36. The van der Waals surface area contributed by atoms with Crippen LogP contribution in [0.3, 0.4) is 0 Å². The second-order valence-corrected chi connectivity index (χ2v) is 7.50.